The summed E-state index contributed by atoms with van der Waals surface area (Å²) in [6.07, 6.45) is 2.75. The number of allylic oxidation sites excluding steroid dienone is 1. The van der Waals surface area contributed by atoms with Gasteiger partial charge in [0.1, 0.15) is 0 Å². The van der Waals surface area contributed by atoms with Crippen LogP contribution in [0.2, 0.25) is 0 Å². The van der Waals surface area contributed by atoms with Crippen molar-refractivity contribution in [3.63, 3.8) is 0 Å². The summed E-state index contributed by atoms with van der Waals surface area (Å²) in [5.74, 6) is -0.609. The lowest BCUT2D eigenvalue weighted by Gasteiger charge is -2.11. The van der Waals surface area contributed by atoms with Crippen LogP contribution < -0.4 is 0 Å². The van der Waals surface area contributed by atoms with E-state index in [1.807, 2.05) is 12.1 Å². The maximum absolute atomic E-state index is 11.0. The second-order valence-electron chi connectivity index (χ2n) is 4.66. The molecule has 0 aliphatic heterocycles. The summed E-state index contributed by atoms with van der Waals surface area (Å²) in [7, 11) is 0. The van der Waals surface area contributed by atoms with Crippen molar-refractivity contribution < 1.29 is 9.90 Å². The van der Waals surface area contributed by atoms with Gasteiger partial charge in [-0.1, -0.05) is 44.2 Å². The first-order valence-corrected chi connectivity index (χ1v) is 5.97. The van der Waals surface area contributed by atoms with E-state index < -0.39 is 5.97 Å². The standard InChI is InChI=1S/C15H20O2/c1-4-5-14(15(16)17)10-12-6-8-13(9-7-12)11(2)3/h4,6-9,11,14H,1,5,10H2,2-3H3,(H,16,17)/t14-/m1/s1. The van der Waals surface area contributed by atoms with Crippen molar-refractivity contribution in [1.29, 1.82) is 0 Å². The number of carbonyl (C=O) groups is 1. The summed E-state index contributed by atoms with van der Waals surface area (Å²) < 4.78 is 0. The van der Waals surface area contributed by atoms with Crippen LogP contribution in [0.3, 0.4) is 0 Å². The predicted octanol–water partition coefficient (Wildman–Crippen LogP) is 3.63. The molecule has 0 aromatic heterocycles. The maximum Gasteiger partial charge on any atom is 0.307 e. The Kier molecular flexibility index (Phi) is 4.95. The van der Waals surface area contributed by atoms with Crippen LogP contribution in [0.4, 0.5) is 0 Å². The zero-order valence-electron chi connectivity index (χ0n) is 10.5. The van der Waals surface area contributed by atoms with Crippen LogP contribution in [-0.4, -0.2) is 11.1 Å². The molecular weight excluding hydrogens is 212 g/mol. The van der Waals surface area contributed by atoms with Crippen LogP contribution in [-0.2, 0) is 11.2 Å². The second kappa shape index (κ2) is 6.24. The average Bonchev–Trinajstić information content (AvgIpc) is 2.29. The third-order valence-corrected chi connectivity index (χ3v) is 2.93. The predicted molar refractivity (Wildman–Crippen MR) is 70.2 cm³/mol. The molecule has 0 heterocycles. The first-order valence-electron chi connectivity index (χ1n) is 5.97. The van der Waals surface area contributed by atoms with Crippen LogP contribution in [0.15, 0.2) is 36.9 Å². The van der Waals surface area contributed by atoms with Crippen LogP contribution in [0.5, 0.6) is 0 Å². The topological polar surface area (TPSA) is 37.3 Å². The van der Waals surface area contributed by atoms with E-state index in [4.69, 9.17) is 5.11 Å². The van der Waals surface area contributed by atoms with Crippen LogP contribution in [0.1, 0.15) is 37.3 Å². The van der Waals surface area contributed by atoms with Gasteiger partial charge >= 0.3 is 5.97 Å². The molecule has 17 heavy (non-hydrogen) atoms. The van der Waals surface area contributed by atoms with Crippen molar-refractivity contribution in [2.24, 2.45) is 5.92 Å². The molecule has 0 aliphatic rings. The first kappa shape index (κ1) is 13.5. The van der Waals surface area contributed by atoms with E-state index in [0.717, 1.165) is 5.56 Å². The molecule has 1 N–H and O–H groups in total. The van der Waals surface area contributed by atoms with E-state index in [0.29, 0.717) is 18.8 Å². The fraction of sp³-hybridized carbons (Fsp3) is 0.400. The maximum atomic E-state index is 11.0. The SMILES string of the molecule is C=CC[C@H](Cc1ccc(C(C)C)cc1)C(=O)O. The van der Waals surface area contributed by atoms with Gasteiger partial charge in [-0.25, -0.2) is 0 Å². The lowest BCUT2D eigenvalue weighted by Crippen LogP contribution is -2.15. The molecule has 0 saturated carbocycles. The summed E-state index contributed by atoms with van der Waals surface area (Å²) >= 11 is 0. The van der Waals surface area contributed by atoms with Gasteiger partial charge in [-0.05, 0) is 29.9 Å². The largest absolute Gasteiger partial charge is 0.481 e. The number of carboxylic acids is 1. The molecule has 0 bridgehead atoms. The van der Waals surface area contributed by atoms with Crippen LogP contribution >= 0.6 is 0 Å². The van der Waals surface area contributed by atoms with Gasteiger partial charge in [-0.2, -0.15) is 0 Å². The molecule has 0 amide bonds. The minimum Gasteiger partial charge on any atom is -0.481 e. The van der Waals surface area contributed by atoms with Gasteiger partial charge in [-0.3, -0.25) is 4.79 Å². The normalized spacial score (nSPS) is 12.4. The molecule has 1 aromatic carbocycles. The molecule has 0 unspecified atom stereocenters. The zero-order valence-corrected chi connectivity index (χ0v) is 10.5. The van der Waals surface area contributed by atoms with E-state index in [1.54, 1.807) is 6.08 Å². The third kappa shape index (κ3) is 4.06. The molecule has 0 fully saturated rings. The second-order valence-corrected chi connectivity index (χ2v) is 4.66. The van der Waals surface area contributed by atoms with Crippen molar-refractivity contribution in [3.8, 4) is 0 Å². The lowest BCUT2D eigenvalue weighted by atomic mass is 9.94. The van der Waals surface area contributed by atoms with Gasteiger partial charge < -0.3 is 5.11 Å². The third-order valence-electron chi connectivity index (χ3n) is 2.93. The number of rotatable bonds is 6. The molecule has 0 aliphatic carbocycles. The van der Waals surface area contributed by atoms with Crippen molar-refractivity contribution in [2.45, 2.75) is 32.6 Å². The highest BCUT2D eigenvalue weighted by Crippen LogP contribution is 2.18. The smallest absolute Gasteiger partial charge is 0.307 e. The highest BCUT2D eigenvalue weighted by atomic mass is 16.4. The Labute approximate surface area is 103 Å². The molecule has 1 atom stereocenters. The Morgan fingerprint density at radius 3 is 2.35 bits per heavy atom. The Balaban J connectivity index is 2.73. The molecule has 2 heteroatoms. The number of hydrogen-bond donors (Lipinski definition) is 1. The van der Waals surface area contributed by atoms with E-state index in [-0.39, 0.29) is 5.92 Å². The zero-order chi connectivity index (χ0) is 12.8. The van der Waals surface area contributed by atoms with Crippen molar-refractivity contribution in [2.75, 3.05) is 0 Å². The molecule has 1 rings (SSSR count). The van der Waals surface area contributed by atoms with E-state index in [9.17, 15) is 4.79 Å². The van der Waals surface area contributed by atoms with Gasteiger partial charge in [0, 0.05) is 0 Å². The van der Waals surface area contributed by atoms with E-state index >= 15 is 0 Å². The van der Waals surface area contributed by atoms with Gasteiger partial charge in [0.05, 0.1) is 5.92 Å². The van der Waals surface area contributed by atoms with Crippen LogP contribution in [0, 0.1) is 5.92 Å². The molecule has 1 aromatic rings. The van der Waals surface area contributed by atoms with Crippen molar-refractivity contribution in [3.05, 3.63) is 48.0 Å². The quantitative estimate of drug-likeness (QED) is 0.760. The Morgan fingerprint density at radius 1 is 1.35 bits per heavy atom. The first-order chi connectivity index (χ1) is 8.04. The highest BCUT2D eigenvalue weighted by Gasteiger charge is 2.16. The molecule has 0 radical (unpaired) electrons. The number of hydrogen-bond acceptors (Lipinski definition) is 1. The molecule has 2 nitrogen and oxygen atoms in total. The van der Waals surface area contributed by atoms with Gasteiger partial charge in [-0.15, -0.1) is 6.58 Å². The number of aliphatic carboxylic acids is 1. The van der Waals surface area contributed by atoms with Crippen LogP contribution in [0.25, 0.3) is 0 Å². The molecule has 0 spiro atoms. The summed E-state index contributed by atoms with van der Waals surface area (Å²) in [5.41, 5.74) is 2.35. The number of benzene rings is 1. The summed E-state index contributed by atoms with van der Waals surface area (Å²) in [4.78, 5) is 11.0. The Morgan fingerprint density at radius 2 is 1.94 bits per heavy atom. The average molecular weight is 232 g/mol. The monoisotopic (exact) mass is 232 g/mol. The van der Waals surface area contributed by atoms with Gasteiger partial charge in [0.2, 0.25) is 0 Å². The molecular formula is C15H20O2. The Bertz CT molecular complexity index is 376. The number of carboxylic acid groups (broad SMARTS) is 1. The van der Waals surface area contributed by atoms with E-state index in [2.05, 4.69) is 32.6 Å². The molecule has 92 valence electrons. The lowest BCUT2D eigenvalue weighted by molar-refractivity contribution is -0.141. The highest BCUT2D eigenvalue weighted by molar-refractivity contribution is 5.70. The van der Waals surface area contributed by atoms with Crippen molar-refractivity contribution in [1.82, 2.24) is 0 Å². The fourth-order valence-corrected chi connectivity index (χ4v) is 1.80. The van der Waals surface area contributed by atoms with E-state index in [1.165, 1.54) is 5.56 Å². The van der Waals surface area contributed by atoms with Crippen molar-refractivity contribution >= 4 is 5.97 Å². The fourth-order valence-electron chi connectivity index (χ4n) is 1.80. The minimum absolute atomic E-state index is 0.364. The molecule has 0 saturated heterocycles. The summed E-state index contributed by atoms with van der Waals surface area (Å²) in [6.45, 7) is 7.89. The minimum atomic E-state index is -0.752. The van der Waals surface area contributed by atoms with Gasteiger partial charge in [0.15, 0.2) is 0 Å². The Hall–Kier alpha value is -1.57. The summed E-state index contributed by atoms with van der Waals surface area (Å²) in [6, 6.07) is 8.20. The van der Waals surface area contributed by atoms with Gasteiger partial charge in [0.25, 0.3) is 0 Å². The summed E-state index contributed by atoms with van der Waals surface area (Å²) in [5, 5.41) is 9.06.